The van der Waals surface area contributed by atoms with Gasteiger partial charge in [0.2, 0.25) is 0 Å². The molecular formula is C17H32IN5S. The molecule has 0 aromatic carbocycles. The van der Waals surface area contributed by atoms with Crippen molar-refractivity contribution in [2.45, 2.75) is 40.7 Å². The van der Waals surface area contributed by atoms with Crippen LogP contribution in [0.3, 0.4) is 0 Å². The maximum absolute atomic E-state index is 4.60. The van der Waals surface area contributed by atoms with Gasteiger partial charge in [0.1, 0.15) is 5.01 Å². The minimum atomic E-state index is 0. The van der Waals surface area contributed by atoms with E-state index in [1.165, 1.54) is 17.8 Å². The highest BCUT2D eigenvalue weighted by Crippen LogP contribution is 2.19. The lowest BCUT2D eigenvalue weighted by Gasteiger charge is -2.24. The van der Waals surface area contributed by atoms with Crippen molar-refractivity contribution in [3.63, 3.8) is 0 Å². The first-order valence-corrected chi connectivity index (χ1v) is 9.49. The standard InChI is InChI=1S/C17H31N5S.HI/c1-6-21(7-2)11-15-8-9-22(12-15)17(18-5)19-10-16-20-13(3)14(4)23-16;/h15H,6-12H2,1-5H3,(H,18,19);1H. The first-order valence-electron chi connectivity index (χ1n) is 8.68. The number of guanidine groups is 1. The number of likely N-dealkylation sites (tertiary alicyclic amines) is 1. The lowest BCUT2D eigenvalue weighted by Crippen LogP contribution is -2.40. The molecule has 1 aromatic heterocycles. The zero-order valence-electron chi connectivity index (χ0n) is 15.6. The fraction of sp³-hybridized carbons (Fsp3) is 0.765. The van der Waals surface area contributed by atoms with Crippen LogP contribution in [0.25, 0.3) is 0 Å². The summed E-state index contributed by atoms with van der Waals surface area (Å²) in [7, 11) is 1.87. The molecule has 2 heterocycles. The van der Waals surface area contributed by atoms with Gasteiger partial charge >= 0.3 is 0 Å². The van der Waals surface area contributed by atoms with Crippen LogP contribution in [-0.4, -0.2) is 60.5 Å². The fourth-order valence-corrected chi connectivity index (χ4v) is 4.00. The summed E-state index contributed by atoms with van der Waals surface area (Å²) < 4.78 is 0. The molecule has 1 aliphatic rings. The minimum Gasteiger partial charge on any atom is -0.350 e. The predicted molar refractivity (Wildman–Crippen MR) is 115 cm³/mol. The van der Waals surface area contributed by atoms with Gasteiger partial charge in [0.25, 0.3) is 0 Å². The van der Waals surface area contributed by atoms with E-state index in [1.54, 1.807) is 11.3 Å². The smallest absolute Gasteiger partial charge is 0.194 e. The quantitative estimate of drug-likeness (QED) is 0.399. The Labute approximate surface area is 168 Å². The number of aliphatic imine (C=N–C) groups is 1. The second-order valence-electron chi connectivity index (χ2n) is 6.24. The van der Waals surface area contributed by atoms with Crippen LogP contribution in [-0.2, 0) is 6.54 Å². The summed E-state index contributed by atoms with van der Waals surface area (Å²) in [4.78, 5) is 15.3. The van der Waals surface area contributed by atoms with E-state index in [0.29, 0.717) is 0 Å². The topological polar surface area (TPSA) is 43.8 Å². The van der Waals surface area contributed by atoms with Gasteiger partial charge in [-0.15, -0.1) is 35.3 Å². The lowest BCUT2D eigenvalue weighted by atomic mass is 10.1. The van der Waals surface area contributed by atoms with Crippen LogP contribution >= 0.6 is 35.3 Å². The zero-order chi connectivity index (χ0) is 16.8. The Hall–Kier alpha value is -0.410. The molecule has 5 nitrogen and oxygen atoms in total. The van der Waals surface area contributed by atoms with Gasteiger partial charge in [-0.1, -0.05) is 13.8 Å². The van der Waals surface area contributed by atoms with Gasteiger partial charge in [0, 0.05) is 31.6 Å². The van der Waals surface area contributed by atoms with Crippen molar-refractivity contribution in [2.75, 3.05) is 39.8 Å². The second-order valence-corrected chi connectivity index (χ2v) is 7.52. The van der Waals surface area contributed by atoms with E-state index in [1.807, 2.05) is 7.05 Å². The summed E-state index contributed by atoms with van der Waals surface area (Å²) in [6.07, 6.45) is 1.26. The van der Waals surface area contributed by atoms with Crippen molar-refractivity contribution < 1.29 is 0 Å². The molecule has 0 aliphatic carbocycles. The van der Waals surface area contributed by atoms with Crippen molar-refractivity contribution in [2.24, 2.45) is 10.9 Å². The van der Waals surface area contributed by atoms with Crippen molar-refractivity contribution >= 4 is 41.3 Å². The third-order valence-electron chi connectivity index (χ3n) is 4.68. The number of hydrogen-bond acceptors (Lipinski definition) is 4. The van der Waals surface area contributed by atoms with Gasteiger partial charge in [-0.3, -0.25) is 4.99 Å². The van der Waals surface area contributed by atoms with E-state index < -0.39 is 0 Å². The van der Waals surface area contributed by atoms with Crippen LogP contribution in [0.2, 0.25) is 0 Å². The summed E-state index contributed by atoms with van der Waals surface area (Å²) in [5.41, 5.74) is 1.14. The molecule has 0 radical (unpaired) electrons. The Morgan fingerprint density at radius 2 is 2.08 bits per heavy atom. The van der Waals surface area contributed by atoms with E-state index in [2.05, 4.69) is 52.8 Å². The highest BCUT2D eigenvalue weighted by atomic mass is 127. The maximum atomic E-state index is 4.60. The van der Waals surface area contributed by atoms with Gasteiger partial charge in [0.15, 0.2) is 5.96 Å². The van der Waals surface area contributed by atoms with Crippen LogP contribution < -0.4 is 5.32 Å². The third-order valence-corrected chi connectivity index (χ3v) is 5.75. The number of halogens is 1. The molecule has 0 saturated carbocycles. The number of aromatic nitrogens is 1. The zero-order valence-corrected chi connectivity index (χ0v) is 18.8. The van der Waals surface area contributed by atoms with Gasteiger partial charge < -0.3 is 15.1 Å². The Kier molecular flexibility index (Phi) is 9.51. The summed E-state index contributed by atoms with van der Waals surface area (Å²) in [5.74, 6) is 1.76. The molecule has 1 N–H and O–H groups in total. The van der Waals surface area contributed by atoms with Crippen molar-refractivity contribution in [1.82, 2.24) is 20.1 Å². The summed E-state index contributed by atoms with van der Waals surface area (Å²) in [6, 6.07) is 0. The number of nitrogens with one attached hydrogen (secondary N) is 1. The Morgan fingerprint density at radius 3 is 2.62 bits per heavy atom. The molecule has 7 heteroatoms. The summed E-state index contributed by atoms with van der Waals surface area (Å²) in [6.45, 7) is 15.1. The van der Waals surface area contributed by atoms with E-state index in [4.69, 9.17) is 0 Å². The highest BCUT2D eigenvalue weighted by Gasteiger charge is 2.25. The van der Waals surface area contributed by atoms with E-state index in [0.717, 1.165) is 55.3 Å². The molecule has 0 spiro atoms. The fourth-order valence-electron chi connectivity index (χ4n) is 3.12. The van der Waals surface area contributed by atoms with Crippen LogP contribution in [0.15, 0.2) is 4.99 Å². The molecule has 1 aliphatic heterocycles. The SMILES string of the molecule is CCN(CC)CC1CCN(C(=NC)NCc2nc(C)c(C)s2)C1.I. The molecular weight excluding hydrogens is 433 g/mol. The number of thiazole rings is 1. The summed E-state index contributed by atoms with van der Waals surface area (Å²) in [5, 5.41) is 4.62. The van der Waals surface area contributed by atoms with Crippen LogP contribution in [0.4, 0.5) is 0 Å². The Bertz CT molecular complexity index is 508. The average molecular weight is 465 g/mol. The first kappa shape index (κ1) is 21.6. The normalized spacial score (nSPS) is 18.2. The third kappa shape index (κ3) is 5.84. The Morgan fingerprint density at radius 1 is 1.38 bits per heavy atom. The molecule has 24 heavy (non-hydrogen) atoms. The van der Waals surface area contributed by atoms with Gasteiger partial charge in [-0.25, -0.2) is 4.98 Å². The monoisotopic (exact) mass is 465 g/mol. The molecule has 1 unspecified atom stereocenters. The highest BCUT2D eigenvalue weighted by molar-refractivity contribution is 14.0. The molecule has 1 aromatic rings. The van der Waals surface area contributed by atoms with Gasteiger partial charge in [-0.05, 0) is 39.3 Å². The van der Waals surface area contributed by atoms with Crippen molar-refractivity contribution in [3.05, 3.63) is 15.6 Å². The second kappa shape index (κ2) is 10.6. The average Bonchev–Trinajstić information content (AvgIpc) is 3.13. The lowest BCUT2D eigenvalue weighted by molar-refractivity contribution is 0.255. The van der Waals surface area contributed by atoms with Crippen LogP contribution in [0.5, 0.6) is 0 Å². The predicted octanol–water partition coefficient (Wildman–Crippen LogP) is 3.12. The first-order chi connectivity index (χ1) is 11.1. The molecule has 1 atom stereocenters. The number of nitrogens with zero attached hydrogens (tertiary/aromatic N) is 4. The number of rotatable bonds is 6. The van der Waals surface area contributed by atoms with Crippen molar-refractivity contribution in [3.8, 4) is 0 Å². The van der Waals surface area contributed by atoms with Gasteiger partial charge in [0.05, 0.1) is 12.2 Å². The summed E-state index contributed by atoms with van der Waals surface area (Å²) >= 11 is 1.77. The van der Waals surface area contributed by atoms with Gasteiger partial charge in [-0.2, -0.15) is 0 Å². The molecule has 2 rings (SSSR count). The van der Waals surface area contributed by atoms with E-state index >= 15 is 0 Å². The maximum Gasteiger partial charge on any atom is 0.194 e. The van der Waals surface area contributed by atoms with Crippen molar-refractivity contribution in [1.29, 1.82) is 0 Å². The number of hydrogen-bond donors (Lipinski definition) is 1. The molecule has 1 saturated heterocycles. The number of aryl methyl sites for hydroxylation is 2. The largest absolute Gasteiger partial charge is 0.350 e. The minimum absolute atomic E-state index is 0. The van der Waals surface area contributed by atoms with E-state index in [-0.39, 0.29) is 24.0 Å². The molecule has 1 fully saturated rings. The molecule has 0 bridgehead atoms. The van der Waals surface area contributed by atoms with Crippen LogP contribution in [0.1, 0.15) is 35.8 Å². The van der Waals surface area contributed by atoms with Crippen LogP contribution in [0, 0.1) is 19.8 Å². The van der Waals surface area contributed by atoms with E-state index in [9.17, 15) is 0 Å². The Balaban J connectivity index is 0.00000288. The molecule has 138 valence electrons. The molecule has 0 amide bonds.